The van der Waals surface area contributed by atoms with Crippen molar-refractivity contribution in [2.75, 3.05) is 6.54 Å². The van der Waals surface area contributed by atoms with Gasteiger partial charge in [-0.15, -0.1) is 0 Å². The van der Waals surface area contributed by atoms with Crippen LogP contribution in [-0.4, -0.2) is 37.1 Å². The Bertz CT molecular complexity index is 1370. The predicted octanol–water partition coefficient (Wildman–Crippen LogP) is 4.27. The van der Waals surface area contributed by atoms with Crippen LogP contribution in [0.25, 0.3) is 0 Å². The molecule has 0 aliphatic carbocycles. The molecular weight excluding hydrogens is 517 g/mol. The van der Waals surface area contributed by atoms with Crippen molar-refractivity contribution in [1.82, 2.24) is 14.9 Å². The Morgan fingerprint density at radius 2 is 1.76 bits per heavy atom. The third-order valence-electron chi connectivity index (χ3n) is 6.20. The van der Waals surface area contributed by atoms with E-state index >= 15 is 0 Å². The maximum Gasteiger partial charge on any atom is 0.251 e. The van der Waals surface area contributed by atoms with E-state index < -0.39 is 21.9 Å². The van der Waals surface area contributed by atoms with Gasteiger partial charge < -0.3 is 10.6 Å². The van der Waals surface area contributed by atoms with Gasteiger partial charge in [0.1, 0.15) is 11.9 Å². The van der Waals surface area contributed by atoms with Gasteiger partial charge in [0.2, 0.25) is 15.9 Å². The Kier molecular flexibility index (Phi) is 8.58. The zero-order valence-electron chi connectivity index (χ0n) is 20.0. The van der Waals surface area contributed by atoms with Crippen molar-refractivity contribution < 1.29 is 22.4 Å². The summed E-state index contributed by atoms with van der Waals surface area (Å²) in [5.74, 6) is -1.38. The average Bonchev–Trinajstić information content (AvgIpc) is 3.12. The highest BCUT2D eigenvalue weighted by Crippen LogP contribution is 2.27. The summed E-state index contributed by atoms with van der Waals surface area (Å²) in [5.41, 5.74) is 1.98. The van der Waals surface area contributed by atoms with Gasteiger partial charge in [-0.05, 0) is 60.7 Å². The van der Waals surface area contributed by atoms with Gasteiger partial charge in [0.15, 0.2) is 0 Å². The van der Waals surface area contributed by atoms with Gasteiger partial charge in [-0.2, -0.15) is 4.31 Å². The van der Waals surface area contributed by atoms with Crippen LogP contribution in [0.15, 0.2) is 77.7 Å². The molecule has 37 heavy (non-hydrogen) atoms. The van der Waals surface area contributed by atoms with Gasteiger partial charge in [-0.1, -0.05) is 54.1 Å². The van der Waals surface area contributed by atoms with E-state index in [9.17, 15) is 22.4 Å². The predicted molar refractivity (Wildman–Crippen MR) is 139 cm³/mol. The van der Waals surface area contributed by atoms with Crippen LogP contribution in [0.1, 0.15) is 40.7 Å². The highest BCUT2D eigenvalue weighted by atomic mass is 35.5. The number of rotatable bonds is 8. The normalized spacial score (nSPS) is 16.2. The number of sulfonamides is 1. The molecule has 0 bridgehead atoms. The summed E-state index contributed by atoms with van der Waals surface area (Å²) in [7, 11) is -4.21. The summed E-state index contributed by atoms with van der Waals surface area (Å²) in [6, 6.07) is 18.3. The van der Waals surface area contributed by atoms with Crippen molar-refractivity contribution in [1.29, 1.82) is 0 Å². The minimum Gasteiger partial charge on any atom is -0.355 e. The SMILES string of the molecule is O=C(NCc1ccccc1)c1ccc(CN([C@@H]2CCCCNC2=O)S(=O)(=O)c2ccc(F)c(Cl)c2)cc1. The number of carbonyl (C=O) groups excluding carboxylic acids is 2. The van der Waals surface area contributed by atoms with Crippen molar-refractivity contribution >= 4 is 33.4 Å². The van der Waals surface area contributed by atoms with Crippen LogP contribution >= 0.6 is 11.6 Å². The Labute approximate surface area is 220 Å². The maximum absolute atomic E-state index is 13.7. The second kappa shape index (κ2) is 11.9. The maximum atomic E-state index is 13.7. The average molecular weight is 544 g/mol. The lowest BCUT2D eigenvalue weighted by Crippen LogP contribution is -2.48. The third-order valence-corrected chi connectivity index (χ3v) is 8.34. The first-order valence-corrected chi connectivity index (χ1v) is 13.7. The van der Waals surface area contributed by atoms with Gasteiger partial charge in [0.25, 0.3) is 5.91 Å². The molecular formula is C27H27ClFN3O4S. The van der Waals surface area contributed by atoms with Gasteiger partial charge >= 0.3 is 0 Å². The zero-order valence-corrected chi connectivity index (χ0v) is 21.6. The van der Waals surface area contributed by atoms with Crippen LogP contribution in [-0.2, 0) is 27.9 Å². The lowest BCUT2D eigenvalue weighted by Gasteiger charge is -2.29. The van der Waals surface area contributed by atoms with Crippen molar-refractivity contribution in [3.05, 3.63) is 100 Å². The van der Waals surface area contributed by atoms with E-state index in [1.807, 2.05) is 30.3 Å². The number of nitrogens with one attached hydrogen (secondary N) is 2. The van der Waals surface area contributed by atoms with Crippen LogP contribution in [0.5, 0.6) is 0 Å². The molecule has 1 saturated heterocycles. The fourth-order valence-corrected chi connectivity index (χ4v) is 6.03. The molecule has 1 heterocycles. The molecule has 0 unspecified atom stereocenters. The minimum absolute atomic E-state index is 0.110. The van der Waals surface area contributed by atoms with Crippen LogP contribution in [0, 0.1) is 5.82 Å². The van der Waals surface area contributed by atoms with Gasteiger partial charge in [-0.3, -0.25) is 9.59 Å². The van der Waals surface area contributed by atoms with E-state index in [1.54, 1.807) is 24.3 Å². The molecule has 4 rings (SSSR count). The summed E-state index contributed by atoms with van der Waals surface area (Å²) in [5, 5.41) is 5.30. The highest BCUT2D eigenvalue weighted by Gasteiger charge is 2.36. The third kappa shape index (κ3) is 6.54. The molecule has 1 aliphatic heterocycles. The van der Waals surface area contributed by atoms with Gasteiger partial charge in [-0.25, -0.2) is 12.8 Å². The lowest BCUT2D eigenvalue weighted by molar-refractivity contribution is -0.124. The topological polar surface area (TPSA) is 95.6 Å². The number of benzene rings is 3. The summed E-state index contributed by atoms with van der Waals surface area (Å²) in [4.78, 5) is 25.2. The molecule has 2 amide bonds. The van der Waals surface area contributed by atoms with Gasteiger partial charge in [0.05, 0.1) is 9.92 Å². The van der Waals surface area contributed by atoms with Crippen molar-refractivity contribution in [2.24, 2.45) is 0 Å². The molecule has 7 nitrogen and oxygen atoms in total. The van der Waals surface area contributed by atoms with E-state index in [0.29, 0.717) is 37.1 Å². The molecule has 0 aromatic heterocycles. The Morgan fingerprint density at radius 1 is 1.03 bits per heavy atom. The molecule has 2 N–H and O–H groups in total. The van der Waals surface area contributed by atoms with Crippen molar-refractivity contribution in [3.63, 3.8) is 0 Å². The molecule has 10 heteroatoms. The van der Waals surface area contributed by atoms with E-state index in [2.05, 4.69) is 10.6 Å². The fourth-order valence-electron chi connectivity index (χ4n) is 4.16. The number of hydrogen-bond acceptors (Lipinski definition) is 4. The zero-order chi connectivity index (χ0) is 26.4. The summed E-state index contributed by atoms with van der Waals surface area (Å²) >= 11 is 5.86. The smallest absolute Gasteiger partial charge is 0.251 e. The number of halogens is 2. The van der Waals surface area contributed by atoms with E-state index in [-0.39, 0.29) is 28.3 Å². The minimum atomic E-state index is -4.21. The van der Waals surface area contributed by atoms with Crippen molar-refractivity contribution in [3.8, 4) is 0 Å². The number of carbonyl (C=O) groups is 2. The molecule has 3 aromatic carbocycles. The molecule has 1 atom stereocenters. The summed E-state index contributed by atoms with van der Waals surface area (Å²) in [6.07, 6.45) is 1.76. The van der Waals surface area contributed by atoms with E-state index in [4.69, 9.17) is 11.6 Å². The fraction of sp³-hybridized carbons (Fsp3) is 0.259. The quantitative estimate of drug-likeness (QED) is 0.443. The molecule has 0 radical (unpaired) electrons. The Morgan fingerprint density at radius 3 is 2.46 bits per heavy atom. The number of hydrogen-bond donors (Lipinski definition) is 2. The number of amides is 2. The van der Waals surface area contributed by atoms with Gasteiger partial charge in [0, 0.05) is 25.2 Å². The van der Waals surface area contributed by atoms with Crippen LogP contribution in [0.4, 0.5) is 4.39 Å². The van der Waals surface area contributed by atoms with Crippen LogP contribution in [0.2, 0.25) is 5.02 Å². The Hall–Kier alpha value is -3.27. The Balaban J connectivity index is 1.57. The largest absolute Gasteiger partial charge is 0.355 e. The lowest BCUT2D eigenvalue weighted by atomic mass is 10.1. The first-order valence-electron chi connectivity index (χ1n) is 11.9. The number of nitrogens with zero attached hydrogens (tertiary/aromatic N) is 1. The first-order chi connectivity index (χ1) is 17.8. The second-order valence-electron chi connectivity index (χ2n) is 8.79. The molecule has 194 valence electrons. The molecule has 0 spiro atoms. The first kappa shape index (κ1) is 26.8. The molecule has 0 saturated carbocycles. The monoisotopic (exact) mass is 543 g/mol. The standard InChI is InChI=1S/C27H27ClFN3O4S/c28-23-16-22(13-14-24(23)29)37(35,36)32(25-8-4-5-15-30-27(25)34)18-20-9-11-21(12-10-20)26(33)31-17-19-6-2-1-3-7-19/h1-3,6-7,9-14,16,25H,4-5,8,15,17-18H2,(H,30,34)(H,31,33)/t25-/m1/s1. The highest BCUT2D eigenvalue weighted by molar-refractivity contribution is 7.89. The van der Waals surface area contributed by atoms with E-state index in [0.717, 1.165) is 34.5 Å². The summed E-state index contributed by atoms with van der Waals surface area (Å²) < 4.78 is 42.2. The van der Waals surface area contributed by atoms with E-state index in [1.165, 1.54) is 0 Å². The van der Waals surface area contributed by atoms with Crippen LogP contribution in [0.3, 0.4) is 0 Å². The molecule has 3 aromatic rings. The summed E-state index contributed by atoms with van der Waals surface area (Å²) in [6.45, 7) is 0.740. The van der Waals surface area contributed by atoms with Crippen molar-refractivity contribution in [2.45, 2.75) is 43.3 Å². The molecule has 1 aliphatic rings. The second-order valence-corrected chi connectivity index (χ2v) is 11.1. The molecule has 1 fully saturated rings. The van der Waals surface area contributed by atoms with Crippen LogP contribution < -0.4 is 10.6 Å².